The van der Waals surface area contributed by atoms with Crippen molar-refractivity contribution in [1.29, 1.82) is 0 Å². The first-order valence-electron chi connectivity index (χ1n) is 39.3. The lowest BCUT2D eigenvalue weighted by Crippen LogP contribution is -2.64. The molecule has 0 fully saturated rings. The smallest absolute Gasteiger partial charge is 0.263 e. The Balaban J connectivity index is 0.000000202. The molecule has 0 saturated carbocycles. The number of carbonyl (C=O) groups excluding carboxylic acids is 4. The molecule has 4 aliphatic rings. The van der Waals surface area contributed by atoms with E-state index in [2.05, 4.69) is 128 Å². The molecule has 0 N–H and O–H groups in total. The number of thiophene rings is 8. The SMILES string of the molecule is CCCCCCCCCCCCN1C(=O)c2c(C)sc(-c3cc4c(s3)-c3sc(C)cc3[Si]4(CC(CC)CCCC)c3ccc(CCCC)s3)c2C1=O.CCCCCCCCCCCCN1C(=O)c2c(C)sc(-c3cc4c(s3)-c3sc(C)cc3[Si]4(CC(CC)CCCC)c3cccs3)c2C1=O. The number of carbonyl (C=O) groups is 4. The van der Waals surface area contributed by atoms with Crippen molar-refractivity contribution in [3.8, 4) is 39.0 Å². The Hall–Kier alpha value is -3.69. The monoisotopic (exact) mass is 1530 g/mol. The number of nitrogens with zero attached hydrogens (tertiary/aromatic N) is 2. The number of aryl methyl sites for hydroxylation is 5. The topological polar surface area (TPSA) is 74.8 Å². The van der Waals surface area contributed by atoms with Crippen LogP contribution in [-0.2, 0) is 6.42 Å². The Kier molecular flexibility index (Phi) is 27.9. The van der Waals surface area contributed by atoms with Gasteiger partial charge >= 0.3 is 0 Å². The number of amides is 4. The van der Waals surface area contributed by atoms with Gasteiger partial charge in [0.1, 0.15) is 0 Å². The summed E-state index contributed by atoms with van der Waals surface area (Å²) in [5, 5.41) is 8.66. The third-order valence-electron chi connectivity index (χ3n) is 22.4. The van der Waals surface area contributed by atoms with Gasteiger partial charge in [0.2, 0.25) is 0 Å². The first-order valence-corrected chi connectivity index (χ1v) is 50.3. The largest absolute Gasteiger partial charge is 0.274 e. The molecule has 16 heteroatoms. The predicted molar refractivity (Wildman–Crippen MR) is 448 cm³/mol. The summed E-state index contributed by atoms with van der Waals surface area (Å²) in [4.78, 5) is 75.3. The van der Waals surface area contributed by atoms with Crippen LogP contribution in [0.4, 0.5) is 0 Å². The summed E-state index contributed by atoms with van der Waals surface area (Å²) in [6.45, 7) is 26.0. The van der Waals surface area contributed by atoms with Crippen LogP contribution in [0.2, 0.25) is 12.1 Å². The Labute approximate surface area is 635 Å². The van der Waals surface area contributed by atoms with Gasteiger partial charge in [-0.2, -0.15) is 11.3 Å². The maximum atomic E-state index is 14.1. The zero-order valence-corrected chi connectivity index (χ0v) is 70.9. The van der Waals surface area contributed by atoms with Crippen LogP contribution in [0.15, 0.2) is 53.9 Å². The molecule has 12 rings (SSSR count). The molecule has 8 aromatic rings. The Morgan fingerprint density at radius 3 is 1.15 bits per heavy atom. The predicted octanol–water partition coefficient (Wildman–Crippen LogP) is 24.1. The highest BCUT2D eigenvalue weighted by atomic mass is 32.1. The van der Waals surface area contributed by atoms with E-state index in [4.69, 9.17) is 0 Å². The maximum Gasteiger partial charge on any atom is 0.263 e. The fourth-order valence-corrected chi connectivity index (χ4v) is 42.4. The van der Waals surface area contributed by atoms with Gasteiger partial charge in [-0.25, -0.2) is 0 Å². The van der Waals surface area contributed by atoms with Crippen molar-refractivity contribution in [3.63, 3.8) is 0 Å². The zero-order chi connectivity index (χ0) is 70.7. The lowest BCUT2D eigenvalue weighted by Gasteiger charge is -2.32. The average Bonchev–Trinajstić information content (AvgIpc) is 1.54. The molecule has 12 heterocycles. The fourth-order valence-electron chi connectivity index (χ4n) is 16.8. The van der Waals surface area contributed by atoms with Crippen molar-refractivity contribution in [2.75, 3.05) is 13.1 Å². The van der Waals surface area contributed by atoms with E-state index >= 15 is 0 Å². The maximum absolute atomic E-state index is 14.1. The number of hydrogen-bond donors (Lipinski definition) is 0. The molecule has 100 heavy (non-hydrogen) atoms. The van der Waals surface area contributed by atoms with Crippen LogP contribution in [0.5, 0.6) is 0 Å². The van der Waals surface area contributed by atoms with E-state index in [1.54, 1.807) is 62.2 Å². The van der Waals surface area contributed by atoms with E-state index in [1.165, 1.54) is 229 Å². The minimum absolute atomic E-state index is 0.0653. The Morgan fingerprint density at radius 1 is 0.370 bits per heavy atom. The average molecular weight is 1530 g/mol. The van der Waals surface area contributed by atoms with Crippen LogP contribution >= 0.6 is 90.7 Å². The number of fused-ring (bicyclic) bond motifs is 8. The number of hydrogen-bond acceptors (Lipinski definition) is 12. The fraction of sp³-hybridized carbons (Fsp3) is 0.571. The highest BCUT2D eigenvalue weighted by Crippen LogP contribution is 2.52. The van der Waals surface area contributed by atoms with E-state index < -0.39 is 16.1 Å². The molecule has 540 valence electrons. The lowest BCUT2D eigenvalue weighted by atomic mass is 10.0. The van der Waals surface area contributed by atoms with Crippen molar-refractivity contribution >= 4 is 160 Å². The molecule has 0 aromatic carbocycles. The summed E-state index contributed by atoms with van der Waals surface area (Å²) in [5.74, 6) is 1.12. The third kappa shape index (κ3) is 16.0. The summed E-state index contributed by atoms with van der Waals surface area (Å²) in [5.41, 5.74) is 2.70. The molecule has 4 unspecified atom stereocenters. The summed E-state index contributed by atoms with van der Waals surface area (Å²) < 4.78 is 3.19. The molecule has 4 atom stereocenters. The summed E-state index contributed by atoms with van der Waals surface area (Å²) in [6.07, 6.45) is 38.6. The van der Waals surface area contributed by atoms with Gasteiger partial charge in [-0.1, -0.05) is 240 Å². The molecule has 0 aliphatic carbocycles. The van der Waals surface area contributed by atoms with Crippen LogP contribution in [0.25, 0.3) is 39.0 Å². The van der Waals surface area contributed by atoms with E-state index in [0.29, 0.717) is 47.2 Å². The zero-order valence-electron chi connectivity index (χ0n) is 62.4. The standard InChI is InChI=1S/C44H61NO2S4Si.C40H53NO2S4Si/c1-7-11-14-15-16-17-18-19-20-21-26-45-43(46)38-31(6)49-40(39(38)44(45)47)34-28-36-42(51-34)41-35(27-30(5)48-41)52(36,29-32(10-4)22-12-8-2)37-25-24-33(50-37)23-13-9-3;1-6-9-11-12-13-14-15-16-17-18-22-41-39(42)34-28(5)46-36(35(34)40(41)43)30-25-32-38(47-30)37-31(24-27(4)45-37)48(32,33-21-19-23-44-33)26-29(8-3)20-10-7-2/h24-25,27-28,32H,7-23,26,29H2,1-6H3;19,21,23-25,29H,6-18,20,22,26H2,1-5H3. The van der Waals surface area contributed by atoms with Crippen LogP contribution in [-0.4, -0.2) is 62.7 Å². The van der Waals surface area contributed by atoms with Gasteiger partial charge in [-0.3, -0.25) is 29.0 Å². The van der Waals surface area contributed by atoms with Gasteiger partial charge in [-0.05, 0) is 134 Å². The van der Waals surface area contributed by atoms with E-state index in [0.717, 1.165) is 45.2 Å². The first-order chi connectivity index (χ1) is 48.6. The van der Waals surface area contributed by atoms with E-state index in [-0.39, 0.29) is 23.6 Å². The van der Waals surface area contributed by atoms with Gasteiger partial charge in [0, 0.05) is 75.7 Å². The van der Waals surface area contributed by atoms with Crippen molar-refractivity contribution in [2.24, 2.45) is 11.8 Å². The normalized spacial score (nSPS) is 17.2. The molecule has 0 bridgehead atoms. The number of imide groups is 2. The van der Waals surface area contributed by atoms with Crippen LogP contribution < -0.4 is 29.7 Å². The number of unbranched alkanes of at least 4 members (excludes halogenated alkanes) is 21. The summed E-state index contributed by atoms with van der Waals surface area (Å²) in [6, 6.07) is 22.2. The van der Waals surface area contributed by atoms with Gasteiger partial charge in [0.05, 0.1) is 32.0 Å². The highest BCUT2D eigenvalue weighted by Gasteiger charge is 2.54. The van der Waals surface area contributed by atoms with Crippen LogP contribution in [0, 0.1) is 39.5 Å². The molecular formula is C84H114N2O4S8Si2. The van der Waals surface area contributed by atoms with Crippen molar-refractivity contribution in [3.05, 3.63) is 101 Å². The van der Waals surface area contributed by atoms with Gasteiger partial charge in [0.25, 0.3) is 23.6 Å². The lowest BCUT2D eigenvalue weighted by molar-refractivity contribution is 0.0636. The summed E-state index contributed by atoms with van der Waals surface area (Å²) >= 11 is 15.1. The second-order valence-electron chi connectivity index (χ2n) is 29.7. The van der Waals surface area contributed by atoms with Crippen molar-refractivity contribution < 1.29 is 19.2 Å². The molecule has 4 aliphatic heterocycles. The van der Waals surface area contributed by atoms with E-state index in [9.17, 15) is 19.2 Å². The molecule has 0 radical (unpaired) electrons. The summed E-state index contributed by atoms with van der Waals surface area (Å²) in [7, 11) is -4.56. The third-order valence-corrected chi connectivity index (χ3v) is 44.5. The van der Waals surface area contributed by atoms with Gasteiger partial charge < -0.3 is 0 Å². The van der Waals surface area contributed by atoms with Crippen LogP contribution in [0.3, 0.4) is 0 Å². The minimum Gasteiger partial charge on any atom is -0.274 e. The van der Waals surface area contributed by atoms with Gasteiger partial charge in [0.15, 0.2) is 16.1 Å². The highest BCUT2D eigenvalue weighted by molar-refractivity contribution is 7.40. The number of rotatable bonds is 41. The molecular weight excluding hydrogens is 1410 g/mol. The molecule has 6 nitrogen and oxygen atoms in total. The van der Waals surface area contributed by atoms with Gasteiger partial charge in [-0.15, -0.1) is 79.4 Å². The second kappa shape index (κ2) is 36.1. The Morgan fingerprint density at radius 2 is 0.750 bits per heavy atom. The Bertz CT molecular complexity index is 4050. The quantitative estimate of drug-likeness (QED) is 0.0217. The first kappa shape index (κ1) is 77.4. The molecule has 8 aromatic heterocycles. The van der Waals surface area contributed by atoms with Crippen molar-refractivity contribution in [2.45, 2.75) is 287 Å². The van der Waals surface area contributed by atoms with Crippen molar-refractivity contribution in [1.82, 2.24) is 9.80 Å². The van der Waals surface area contributed by atoms with E-state index in [1.807, 2.05) is 70.5 Å². The molecule has 0 saturated heterocycles. The minimum atomic E-state index is -2.31. The van der Waals surface area contributed by atoms with Crippen LogP contribution in [0.1, 0.15) is 307 Å². The molecule has 0 spiro atoms. The molecule has 4 amide bonds. The second-order valence-corrected chi connectivity index (χ2v) is 47.2.